The molecule has 0 aliphatic carbocycles. The predicted octanol–water partition coefficient (Wildman–Crippen LogP) is 1.93. The molecule has 4 nitrogen and oxygen atoms in total. The third-order valence-corrected chi connectivity index (χ3v) is 2.91. The molecule has 0 spiro atoms. The molecule has 0 aliphatic rings. The van der Waals surface area contributed by atoms with E-state index < -0.39 is 19.9 Å². The van der Waals surface area contributed by atoms with Crippen molar-refractivity contribution in [3.05, 3.63) is 0 Å². The first-order valence-electron chi connectivity index (χ1n) is 4.29. The fourth-order valence-electron chi connectivity index (χ4n) is 0.841. The van der Waals surface area contributed by atoms with Crippen LogP contribution in [0.3, 0.4) is 0 Å². The van der Waals surface area contributed by atoms with E-state index in [2.05, 4.69) is 0 Å². The zero-order valence-electron chi connectivity index (χ0n) is 8.94. The lowest BCUT2D eigenvalue weighted by Gasteiger charge is -2.24. The van der Waals surface area contributed by atoms with Gasteiger partial charge in [0.1, 0.15) is 11.7 Å². The second-order valence-corrected chi connectivity index (χ2v) is 6.09. The van der Waals surface area contributed by atoms with Gasteiger partial charge in [0.15, 0.2) is 0 Å². The molecule has 0 fully saturated rings. The van der Waals surface area contributed by atoms with Gasteiger partial charge in [-0.15, -0.1) is 0 Å². The molecule has 0 saturated carbocycles. The van der Waals surface area contributed by atoms with Crippen molar-refractivity contribution in [3.63, 3.8) is 0 Å². The van der Waals surface area contributed by atoms with Gasteiger partial charge in [-0.05, 0) is 34.6 Å². The van der Waals surface area contributed by atoms with Gasteiger partial charge in [-0.2, -0.15) is 13.9 Å². The molecule has 0 aromatic carbocycles. The van der Waals surface area contributed by atoms with Gasteiger partial charge < -0.3 is 5.11 Å². The third-order valence-electron chi connectivity index (χ3n) is 0.971. The van der Waals surface area contributed by atoms with E-state index in [1.54, 1.807) is 34.6 Å². The Morgan fingerprint density at radius 2 is 1.77 bits per heavy atom. The van der Waals surface area contributed by atoms with Crippen molar-refractivity contribution in [2.75, 3.05) is 6.35 Å². The van der Waals surface area contributed by atoms with Crippen molar-refractivity contribution < 1.29 is 19.0 Å². The summed E-state index contributed by atoms with van der Waals surface area (Å²) in [6.07, 6.45) is -0.629. The third kappa shape index (κ3) is 6.36. The zero-order chi connectivity index (χ0) is 10.7. The summed E-state index contributed by atoms with van der Waals surface area (Å²) in [6.45, 7) is 8.98. The Bertz CT molecular complexity index is 155. The average Bonchev–Trinajstić information content (AvgIpc) is 1.81. The number of rotatable bonds is 4. The first kappa shape index (κ1) is 13.3. The zero-order valence-corrected chi connectivity index (χ0v) is 9.84. The van der Waals surface area contributed by atoms with Gasteiger partial charge in [-0.3, -0.25) is 0 Å². The Morgan fingerprint density at radius 3 is 2.00 bits per heavy atom. The van der Waals surface area contributed by atoms with Crippen molar-refractivity contribution in [3.8, 4) is 0 Å². The molecule has 13 heavy (non-hydrogen) atoms. The fourth-order valence-corrected chi connectivity index (χ4v) is 2.52. The van der Waals surface area contributed by atoms with Gasteiger partial charge in [-0.25, -0.2) is 0 Å². The molecule has 0 bridgehead atoms. The summed E-state index contributed by atoms with van der Waals surface area (Å²) in [5.41, 5.74) is -0.514. The Hall–Kier alpha value is 0.270. The van der Waals surface area contributed by atoms with Crippen molar-refractivity contribution >= 4 is 7.94 Å². The maximum Gasteiger partial charge on any atom is 0.437 e. The highest BCUT2D eigenvalue weighted by Gasteiger charge is 2.45. The van der Waals surface area contributed by atoms with Gasteiger partial charge in [0.2, 0.25) is 6.35 Å². The summed E-state index contributed by atoms with van der Waals surface area (Å²) in [5.74, 6) is 0. The van der Waals surface area contributed by atoms with Gasteiger partial charge in [0, 0.05) is 0 Å². The largest absolute Gasteiger partial charge is 0.437 e. The van der Waals surface area contributed by atoms with Crippen LogP contribution in [0.2, 0.25) is 0 Å². The van der Waals surface area contributed by atoms with Gasteiger partial charge in [-0.1, -0.05) is 0 Å². The van der Waals surface area contributed by atoms with E-state index in [1.165, 1.54) is 0 Å². The highest BCUT2D eigenvalue weighted by atomic mass is 31.2. The van der Waals surface area contributed by atoms with E-state index >= 15 is 0 Å². The van der Waals surface area contributed by atoms with Gasteiger partial charge in [0.25, 0.3) is 0 Å². The molecule has 0 radical (unpaired) electrons. The molecule has 1 unspecified atom stereocenters. The van der Waals surface area contributed by atoms with Crippen LogP contribution in [0, 0.1) is 0 Å². The minimum absolute atomic E-state index is 0.159. The Morgan fingerprint density at radius 1 is 1.31 bits per heavy atom. The Labute approximate surface area is 80.5 Å². The average molecular weight is 211 g/mol. The monoisotopic (exact) mass is 211 g/mol. The second-order valence-electron chi connectivity index (χ2n) is 4.14. The standard InChI is InChI=1S/C8H20O4P/c1-7(2)11-13(10,6-9)12-8(3,4)5/h7,9-10H,6H2,1-5H3/q+1. The normalized spacial score (nSPS) is 17.5. The minimum Gasteiger partial charge on any atom is -0.355 e. The lowest BCUT2D eigenvalue weighted by molar-refractivity contribution is 0.0519. The van der Waals surface area contributed by atoms with Crippen LogP contribution in [0.1, 0.15) is 34.6 Å². The van der Waals surface area contributed by atoms with Crippen LogP contribution in [-0.2, 0) is 9.05 Å². The van der Waals surface area contributed by atoms with Crippen LogP contribution in [0.25, 0.3) is 0 Å². The summed E-state index contributed by atoms with van der Waals surface area (Å²) in [6, 6.07) is 0. The fraction of sp³-hybridized carbons (Fsp3) is 1.00. The first-order valence-corrected chi connectivity index (χ1v) is 6.05. The quantitative estimate of drug-likeness (QED) is 0.697. The molecular weight excluding hydrogens is 191 g/mol. The van der Waals surface area contributed by atoms with E-state index in [-0.39, 0.29) is 6.10 Å². The summed E-state index contributed by atoms with van der Waals surface area (Å²) >= 11 is 0. The number of aliphatic hydroxyl groups is 1. The number of hydrogen-bond acceptors (Lipinski definition) is 4. The predicted molar refractivity (Wildman–Crippen MR) is 53.3 cm³/mol. The topological polar surface area (TPSA) is 58.9 Å². The van der Waals surface area contributed by atoms with Crippen LogP contribution in [-0.4, -0.2) is 28.1 Å². The molecule has 0 aromatic rings. The summed E-state index contributed by atoms with van der Waals surface area (Å²) in [4.78, 5) is 9.74. The lowest BCUT2D eigenvalue weighted by atomic mass is 10.2. The van der Waals surface area contributed by atoms with E-state index in [0.717, 1.165) is 0 Å². The van der Waals surface area contributed by atoms with Crippen molar-refractivity contribution in [2.45, 2.75) is 46.3 Å². The van der Waals surface area contributed by atoms with Gasteiger partial charge >= 0.3 is 7.94 Å². The number of aliphatic hydroxyl groups excluding tert-OH is 1. The molecule has 0 amide bonds. The maximum absolute atomic E-state index is 9.74. The van der Waals surface area contributed by atoms with Gasteiger partial charge in [0.05, 0.1) is 0 Å². The molecule has 0 aliphatic heterocycles. The van der Waals surface area contributed by atoms with E-state index in [4.69, 9.17) is 14.2 Å². The van der Waals surface area contributed by atoms with E-state index in [0.29, 0.717) is 0 Å². The first-order chi connectivity index (χ1) is 5.68. The highest BCUT2D eigenvalue weighted by Crippen LogP contribution is 2.59. The van der Waals surface area contributed by atoms with Crippen LogP contribution in [0.4, 0.5) is 0 Å². The van der Waals surface area contributed by atoms with Crippen molar-refractivity contribution in [1.29, 1.82) is 0 Å². The lowest BCUT2D eigenvalue weighted by Crippen LogP contribution is -2.23. The molecule has 1 atom stereocenters. The summed E-state index contributed by atoms with van der Waals surface area (Å²) < 4.78 is 10.4. The highest BCUT2D eigenvalue weighted by molar-refractivity contribution is 7.60. The van der Waals surface area contributed by atoms with Crippen LogP contribution in [0.15, 0.2) is 0 Å². The van der Waals surface area contributed by atoms with Crippen LogP contribution >= 0.6 is 7.94 Å². The Kier molecular flexibility index (Phi) is 4.77. The molecule has 0 rings (SSSR count). The van der Waals surface area contributed by atoms with Crippen molar-refractivity contribution in [1.82, 2.24) is 0 Å². The number of hydrogen-bond donors (Lipinski definition) is 2. The Balaban J connectivity index is 4.28. The van der Waals surface area contributed by atoms with Crippen LogP contribution < -0.4 is 0 Å². The molecule has 5 heteroatoms. The molecule has 80 valence electrons. The van der Waals surface area contributed by atoms with Crippen molar-refractivity contribution in [2.24, 2.45) is 0 Å². The molecule has 0 aromatic heterocycles. The summed E-state index contributed by atoms with van der Waals surface area (Å²) in [5, 5.41) is 8.95. The van der Waals surface area contributed by atoms with E-state index in [9.17, 15) is 4.89 Å². The molecule has 0 heterocycles. The second kappa shape index (κ2) is 4.67. The maximum atomic E-state index is 9.74. The smallest absolute Gasteiger partial charge is 0.355 e. The molecule has 0 saturated heterocycles. The molecular formula is C8H20O4P+. The minimum atomic E-state index is -3.07. The SMILES string of the molecule is CC(C)O[P+](O)(CO)OC(C)(C)C. The van der Waals surface area contributed by atoms with Crippen LogP contribution in [0.5, 0.6) is 0 Å². The summed E-state index contributed by atoms with van der Waals surface area (Å²) in [7, 11) is -3.07. The molecule has 2 N–H and O–H groups in total. The van der Waals surface area contributed by atoms with E-state index in [1.807, 2.05) is 0 Å².